The molecule has 1 saturated heterocycles. The molecule has 0 bridgehead atoms. The van der Waals surface area contributed by atoms with Crippen LogP contribution in [0.15, 0.2) is 91.0 Å². The minimum atomic E-state index is -0.421. The number of anilines is 2. The second-order valence-corrected chi connectivity index (χ2v) is 14.5. The number of methoxy groups -OCH3 is 1. The van der Waals surface area contributed by atoms with Gasteiger partial charge in [0.2, 0.25) is 0 Å². The molecule has 0 saturated carbocycles. The summed E-state index contributed by atoms with van der Waals surface area (Å²) in [7, 11) is 1.61. The fourth-order valence-corrected chi connectivity index (χ4v) is 8.18. The van der Waals surface area contributed by atoms with Crippen molar-refractivity contribution in [1.29, 1.82) is 0 Å². The topological polar surface area (TPSA) is 87.5 Å². The second kappa shape index (κ2) is 16.3. The summed E-state index contributed by atoms with van der Waals surface area (Å²) >= 11 is 0. The van der Waals surface area contributed by atoms with E-state index in [1.807, 2.05) is 35.2 Å². The van der Waals surface area contributed by atoms with E-state index < -0.39 is 5.82 Å². The van der Waals surface area contributed by atoms with Crippen molar-refractivity contribution in [2.24, 2.45) is 0 Å². The molecule has 0 aliphatic carbocycles. The highest BCUT2D eigenvalue weighted by Crippen LogP contribution is 2.39. The molecular weight excluding hydrogens is 719 g/mol. The lowest BCUT2D eigenvalue weighted by Gasteiger charge is -2.40. The monoisotopic (exact) mass is 764 g/mol. The largest absolute Gasteiger partial charge is 0.508 e. The SMILES string of the molecule is COc1ccc(C(=O)N2Cc3ccccc3C[C@H]2CN2CCOCC2)c(-c2cc(C(=O)N(c3ccc(O)cc3)c3ccc(C)c(F)c3)c3n2CCCC3)c1.Cl. The van der Waals surface area contributed by atoms with E-state index in [0.717, 1.165) is 55.8 Å². The predicted octanol–water partition coefficient (Wildman–Crippen LogP) is 7.95. The third kappa shape index (κ3) is 7.59. The number of morpholine rings is 1. The fraction of sp³-hybridized carbons (Fsp3) is 0.318. The number of aromatic nitrogens is 1. The number of fused-ring (bicyclic) bond motifs is 2. The lowest BCUT2D eigenvalue weighted by atomic mass is 9.92. The molecule has 0 unspecified atom stereocenters. The van der Waals surface area contributed by atoms with Crippen molar-refractivity contribution in [2.75, 3.05) is 44.9 Å². The van der Waals surface area contributed by atoms with E-state index >= 15 is 9.18 Å². The molecule has 11 heteroatoms. The third-order valence-electron chi connectivity index (χ3n) is 11.1. The van der Waals surface area contributed by atoms with Crippen molar-refractivity contribution in [3.8, 4) is 22.8 Å². The number of hydrogen-bond donors (Lipinski definition) is 1. The van der Waals surface area contributed by atoms with Crippen LogP contribution in [0.2, 0.25) is 0 Å². The van der Waals surface area contributed by atoms with Crippen molar-refractivity contribution in [2.45, 2.75) is 51.7 Å². The van der Waals surface area contributed by atoms with Gasteiger partial charge in [-0.15, -0.1) is 12.4 Å². The van der Waals surface area contributed by atoms with Gasteiger partial charge in [-0.2, -0.15) is 0 Å². The van der Waals surface area contributed by atoms with E-state index in [1.54, 1.807) is 38.3 Å². The molecule has 3 aliphatic heterocycles. The van der Waals surface area contributed by atoms with Crippen LogP contribution < -0.4 is 9.64 Å². The van der Waals surface area contributed by atoms with Crippen LogP contribution in [0.25, 0.3) is 11.3 Å². The number of halogens is 2. The Hall–Kier alpha value is -5.16. The quantitative estimate of drug-likeness (QED) is 0.173. The molecule has 1 fully saturated rings. The minimum Gasteiger partial charge on any atom is -0.508 e. The molecule has 1 atom stereocenters. The Bertz CT molecular complexity index is 2200. The van der Waals surface area contributed by atoms with Gasteiger partial charge >= 0.3 is 0 Å². The van der Waals surface area contributed by atoms with Crippen molar-refractivity contribution in [3.63, 3.8) is 0 Å². The lowest BCUT2D eigenvalue weighted by molar-refractivity contribution is 0.0193. The Kier molecular flexibility index (Phi) is 11.3. The fourth-order valence-electron chi connectivity index (χ4n) is 8.18. The summed E-state index contributed by atoms with van der Waals surface area (Å²) in [5.41, 5.74) is 7.11. The van der Waals surface area contributed by atoms with Gasteiger partial charge in [0.05, 0.1) is 31.6 Å². The maximum absolute atomic E-state index is 15.0. The molecule has 55 heavy (non-hydrogen) atoms. The number of aromatic hydroxyl groups is 1. The van der Waals surface area contributed by atoms with Crippen LogP contribution in [-0.2, 0) is 30.7 Å². The first-order chi connectivity index (χ1) is 26.3. The van der Waals surface area contributed by atoms with Gasteiger partial charge in [-0.1, -0.05) is 30.3 Å². The molecule has 3 aliphatic rings. The maximum atomic E-state index is 15.0. The molecule has 1 aromatic heterocycles. The maximum Gasteiger partial charge on any atom is 0.264 e. The number of phenols is 1. The van der Waals surface area contributed by atoms with Crippen LogP contribution in [0.4, 0.5) is 15.8 Å². The van der Waals surface area contributed by atoms with E-state index in [-0.39, 0.29) is 36.0 Å². The number of benzene rings is 4. The zero-order valence-corrected chi connectivity index (χ0v) is 32.0. The van der Waals surface area contributed by atoms with Crippen LogP contribution >= 0.6 is 12.4 Å². The molecule has 4 heterocycles. The van der Waals surface area contributed by atoms with Crippen LogP contribution in [0.3, 0.4) is 0 Å². The number of nitrogens with zero attached hydrogens (tertiary/aromatic N) is 4. The Morgan fingerprint density at radius 3 is 2.38 bits per heavy atom. The number of aryl methyl sites for hydroxylation is 1. The van der Waals surface area contributed by atoms with E-state index in [2.05, 4.69) is 27.7 Å². The van der Waals surface area contributed by atoms with Crippen LogP contribution in [0.5, 0.6) is 11.5 Å². The summed E-state index contributed by atoms with van der Waals surface area (Å²) in [5.74, 6) is -0.148. The molecule has 1 N–H and O–H groups in total. The summed E-state index contributed by atoms with van der Waals surface area (Å²) in [6.45, 7) is 6.64. The number of rotatable bonds is 8. The van der Waals surface area contributed by atoms with Crippen LogP contribution in [0.1, 0.15) is 55.9 Å². The first-order valence-electron chi connectivity index (χ1n) is 18.8. The molecule has 5 aromatic rings. The standard InChI is InChI=1S/C44H45FN4O5.ClH/c1-29-10-11-33(24-40(29)45)49(32-12-14-35(50)15-13-32)44(52)39-26-42(47-18-6-5-9-41(39)47)38-25-36(53-2)16-17-37(38)43(51)48-27-31-8-4-3-7-30(31)23-34(48)28-46-19-21-54-22-20-46;/h3-4,7-8,10-17,24-26,34,50H,5-6,9,18-23,27-28H2,1-2H3;1H/t34-;/m0./s1. The van der Waals surface area contributed by atoms with Gasteiger partial charge < -0.3 is 24.0 Å². The van der Waals surface area contributed by atoms with Crippen LogP contribution in [0, 0.1) is 12.7 Å². The van der Waals surface area contributed by atoms with Crippen molar-refractivity contribution in [3.05, 3.63) is 130 Å². The number of carbonyl (C=O) groups is 2. The van der Waals surface area contributed by atoms with Crippen molar-refractivity contribution >= 4 is 35.6 Å². The molecule has 4 aromatic carbocycles. The predicted molar refractivity (Wildman–Crippen MR) is 213 cm³/mol. The Labute approximate surface area is 327 Å². The van der Waals surface area contributed by atoms with E-state index in [0.29, 0.717) is 72.1 Å². The number of amides is 2. The molecule has 9 nitrogen and oxygen atoms in total. The van der Waals surface area contributed by atoms with Gasteiger partial charge in [0.15, 0.2) is 0 Å². The summed E-state index contributed by atoms with van der Waals surface area (Å²) in [6.07, 6.45) is 3.26. The molecular formula is C44H46ClFN4O5. The first-order valence-corrected chi connectivity index (χ1v) is 18.8. The summed E-state index contributed by atoms with van der Waals surface area (Å²) in [4.78, 5) is 35.8. The average molecular weight is 765 g/mol. The van der Waals surface area contributed by atoms with E-state index in [9.17, 15) is 9.90 Å². The van der Waals surface area contributed by atoms with Gasteiger partial charge in [0, 0.05) is 67.0 Å². The van der Waals surface area contributed by atoms with Gasteiger partial charge in [-0.25, -0.2) is 4.39 Å². The Morgan fingerprint density at radius 1 is 0.891 bits per heavy atom. The highest BCUT2D eigenvalue weighted by atomic mass is 35.5. The first kappa shape index (κ1) is 38.1. The molecule has 8 rings (SSSR count). The molecule has 0 spiro atoms. The highest BCUT2D eigenvalue weighted by Gasteiger charge is 2.35. The zero-order chi connectivity index (χ0) is 37.3. The number of phenolic OH excluding ortho intramolecular Hbond substituents is 1. The molecule has 2 amide bonds. The van der Waals surface area contributed by atoms with E-state index in [1.165, 1.54) is 28.7 Å². The van der Waals surface area contributed by atoms with E-state index in [4.69, 9.17) is 9.47 Å². The van der Waals surface area contributed by atoms with Gasteiger partial charge in [0.25, 0.3) is 11.8 Å². The van der Waals surface area contributed by atoms with Crippen molar-refractivity contribution in [1.82, 2.24) is 14.4 Å². The third-order valence-corrected chi connectivity index (χ3v) is 11.1. The Morgan fingerprint density at radius 2 is 1.64 bits per heavy atom. The summed E-state index contributed by atoms with van der Waals surface area (Å²) < 4.78 is 28.6. The van der Waals surface area contributed by atoms with Crippen LogP contribution in [-0.4, -0.2) is 77.3 Å². The van der Waals surface area contributed by atoms with Gasteiger partial charge in [-0.3, -0.25) is 19.4 Å². The normalized spacial score (nSPS) is 16.8. The zero-order valence-electron chi connectivity index (χ0n) is 31.2. The van der Waals surface area contributed by atoms with Crippen molar-refractivity contribution < 1.29 is 28.6 Å². The average Bonchev–Trinajstić information content (AvgIpc) is 3.59. The molecule has 0 radical (unpaired) electrons. The minimum absolute atomic E-state index is 0. The summed E-state index contributed by atoms with van der Waals surface area (Å²) in [6, 6.07) is 26.9. The smallest absolute Gasteiger partial charge is 0.264 e. The Balaban J connectivity index is 0.00000465. The molecule has 286 valence electrons. The lowest BCUT2D eigenvalue weighted by Crippen LogP contribution is -2.52. The van der Waals surface area contributed by atoms with Gasteiger partial charge in [-0.05, 0) is 110 Å². The van der Waals surface area contributed by atoms with Gasteiger partial charge in [0.1, 0.15) is 17.3 Å². The summed E-state index contributed by atoms with van der Waals surface area (Å²) in [5, 5.41) is 10.1. The number of hydrogen-bond acceptors (Lipinski definition) is 6. The number of carbonyl (C=O) groups excluding carboxylic acids is 2. The highest BCUT2D eigenvalue weighted by molar-refractivity contribution is 6.12. The second-order valence-electron chi connectivity index (χ2n) is 14.5. The number of ether oxygens (including phenoxy) is 2.